The molecule has 4 nitrogen and oxygen atoms in total. The molecule has 0 aliphatic rings. The second kappa shape index (κ2) is 8.76. The van der Waals surface area contributed by atoms with Gasteiger partial charge in [0.05, 0.1) is 11.9 Å². The first-order valence-corrected chi connectivity index (χ1v) is 8.51. The lowest BCUT2D eigenvalue weighted by atomic mass is 10.1. The standard InChI is InChI=1S/C21H20FN3O/c22-17-9-4-10-18(14-17)25-21(26)20-12-11-19(15-24-20)23-13-5-8-16-6-2-1-3-7-16/h1-4,6-7,9-12,14-15,23H,5,8,13H2,(H,25,26). The van der Waals surface area contributed by atoms with Gasteiger partial charge < -0.3 is 10.6 Å². The number of benzene rings is 2. The molecule has 2 aromatic carbocycles. The molecule has 0 spiro atoms. The van der Waals surface area contributed by atoms with Crippen molar-refractivity contribution in [2.24, 2.45) is 0 Å². The molecule has 1 heterocycles. The molecular formula is C21H20FN3O. The lowest BCUT2D eigenvalue weighted by Gasteiger charge is -2.08. The second-order valence-corrected chi connectivity index (χ2v) is 5.91. The Labute approximate surface area is 152 Å². The van der Waals surface area contributed by atoms with Crippen molar-refractivity contribution in [3.05, 3.63) is 90.0 Å². The van der Waals surface area contributed by atoms with Gasteiger partial charge in [0, 0.05) is 12.2 Å². The predicted octanol–water partition coefficient (Wildman–Crippen LogP) is 4.52. The van der Waals surface area contributed by atoms with E-state index in [1.165, 1.54) is 17.7 Å². The molecule has 2 N–H and O–H groups in total. The third kappa shape index (κ3) is 5.14. The Bertz CT molecular complexity index is 851. The summed E-state index contributed by atoms with van der Waals surface area (Å²) >= 11 is 0. The molecule has 0 unspecified atom stereocenters. The lowest BCUT2D eigenvalue weighted by molar-refractivity contribution is 0.102. The van der Waals surface area contributed by atoms with E-state index in [4.69, 9.17) is 0 Å². The van der Waals surface area contributed by atoms with E-state index in [2.05, 4.69) is 27.8 Å². The van der Waals surface area contributed by atoms with Crippen molar-refractivity contribution in [3.8, 4) is 0 Å². The number of carbonyl (C=O) groups is 1. The van der Waals surface area contributed by atoms with Gasteiger partial charge in [0.15, 0.2) is 0 Å². The molecule has 1 amide bonds. The number of nitrogens with zero attached hydrogens (tertiary/aromatic N) is 1. The number of pyridine rings is 1. The van der Waals surface area contributed by atoms with Gasteiger partial charge in [-0.2, -0.15) is 0 Å². The van der Waals surface area contributed by atoms with Gasteiger partial charge >= 0.3 is 0 Å². The van der Waals surface area contributed by atoms with Gasteiger partial charge in [-0.15, -0.1) is 0 Å². The Hall–Kier alpha value is -3.21. The monoisotopic (exact) mass is 349 g/mol. The fourth-order valence-corrected chi connectivity index (χ4v) is 2.56. The molecule has 1 aromatic heterocycles. The van der Waals surface area contributed by atoms with Crippen LogP contribution in [-0.2, 0) is 6.42 Å². The highest BCUT2D eigenvalue weighted by molar-refractivity contribution is 6.02. The van der Waals surface area contributed by atoms with E-state index < -0.39 is 5.82 Å². The zero-order chi connectivity index (χ0) is 18.2. The van der Waals surface area contributed by atoms with E-state index in [-0.39, 0.29) is 11.6 Å². The van der Waals surface area contributed by atoms with E-state index in [1.54, 1.807) is 24.4 Å². The molecule has 3 rings (SSSR count). The molecule has 132 valence electrons. The predicted molar refractivity (Wildman–Crippen MR) is 102 cm³/mol. The van der Waals surface area contributed by atoms with Crippen LogP contribution in [-0.4, -0.2) is 17.4 Å². The van der Waals surface area contributed by atoms with Gasteiger partial charge in [-0.25, -0.2) is 9.37 Å². The summed E-state index contributed by atoms with van der Waals surface area (Å²) < 4.78 is 13.2. The van der Waals surface area contributed by atoms with E-state index in [0.717, 1.165) is 25.1 Å². The van der Waals surface area contributed by atoms with Crippen LogP contribution in [0.2, 0.25) is 0 Å². The number of aryl methyl sites for hydroxylation is 1. The smallest absolute Gasteiger partial charge is 0.274 e. The molecule has 0 bridgehead atoms. The topological polar surface area (TPSA) is 54.0 Å². The molecule has 5 heteroatoms. The molecule has 0 aliphatic heterocycles. The van der Waals surface area contributed by atoms with E-state index >= 15 is 0 Å². The number of nitrogens with one attached hydrogen (secondary N) is 2. The van der Waals surface area contributed by atoms with Gasteiger partial charge in [0.1, 0.15) is 11.5 Å². The van der Waals surface area contributed by atoms with Crippen LogP contribution < -0.4 is 10.6 Å². The summed E-state index contributed by atoms with van der Waals surface area (Å²) in [6.07, 6.45) is 3.64. The van der Waals surface area contributed by atoms with Crippen molar-refractivity contribution >= 4 is 17.3 Å². The molecule has 3 aromatic rings. The number of hydrogen-bond acceptors (Lipinski definition) is 3. The zero-order valence-corrected chi connectivity index (χ0v) is 14.3. The number of anilines is 2. The minimum atomic E-state index is -0.397. The van der Waals surface area contributed by atoms with Crippen LogP contribution in [0.15, 0.2) is 72.9 Å². The van der Waals surface area contributed by atoms with Gasteiger partial charge in [-0.3, -0.25) is 4.79 Å². The largest absolute Gasteiger partial charge is 0.384 e. The van der Waals surface area contributed by atoms with Crippen molar-refractivity contribution in [1.29, 1.82) is 0 Å². The Morgan fingerprint density at radius 2 is 1.81 bits per heavy atom. The van der Waals surface area contributed by atoms with Crippen LogP contribution in [0.25, 0.3) is 0 Å². The fourth-order valence-electron chi connectivity index (χ4n) is 2.56. The van der Waals surface area contributed by atoms with Crippen LogP contribution in [0.4, 0.5) is 15.8 Å². The molecule has 0 fully saturated rings. The molecule has 0 atom stereocenters. The molecule has 0 aliphatic carbocycles. The van der Waals surface area contributed by atoms with Crippen LogP contribution in [0.1, 0.15) is 22.5 Å². The summed E-state index contributed by atoms with van der Waals surface area (Å²) in [6, 6.07) is 19.6. The maximum atomic E-state index is 13.2. The first kappa shape index (κ1) is 17.6. The summed E-state index contributed by atoms with van der Waals surface area (Å²) in [4.78, 5) is 16.3. The van der Waals surface area contributed by atoms with Crippen LogP contribution in [0.3, 0.4) is 0 Å². The molecule has 0 saturated carbocycles. The van der Waals surface area contributed by atoms with Gasteiger partial charge in [0.2, 0.25) is 0 Å². The first-order valence-electron chi connectivity index (χ1n) is 8.51. The highest BCUT2D eigenvalue weighted by atomic mass is 19.1. The normalized spacial score (nSPS) is 10.3. The van der Waals surface area contributed by atoms with E-state index in [0.29, 0.717) is 5.69 Å². The van der Waals surface area contributed by atoms with Gasteiger partial charge in [-0.1, -0.05) is 36.4 Å². The Morgan fingerprint density at radius 1 is 0.962 bits per heavy atom. The average molecular weight is 349 g/mol. The first-order chi connectivity index (χ1) is 12.7. The Morgan fingerprint density at radius 3 is 2.54 bits per heavy atom. The minimum absolute atomic E-state index is 0.282. The number of aromatic nitrogens is 1. The molecule has 0 radical (unpaired) electrons. The summed E-state index contributed by atoms with van der Waals surface area (Å²) in [7, 11) is 0. The van der Waals surface area contributed by atoms with Gasteiger partial charge in [0.25, 0.3) is 5.91 Å². The third-order valence-electron chi connectivity index (χ3n) is 3.89. The van der Waals surface area contributed by atoms with Crippen LogP contribution in [0.5, 0.6) is 0 Å². The molecular weight excluding hydrogens is 329 g/mol. The number of amides is 1. The quantitative estimate of drug-likeness (QED) is 0.617. The van der Waals surface area contributed by atoms with Crippen molar-refractivity contribution < 1.29 is 9.18 Å². The number of halogens is 1. The SMILES string of the molecule is O=C(Nc1cccc(F)c1)c1ccc(NCCCc2ccccc2)cn1. The Balaban J connectivity index is 1.47. The summed E-state index contributed by atoms with van der Waals surface area (Å²) in [6.45, 7) is 0.825. The summed E-state index contributed by atoms with van der Waals surface area (Å²) in [5.41, 5.74) is 2.86. The van der Waals surface area contributed by atoms with Crippen LogP contribution in [0, 0.1) is 5.82 Å². The highest BCUT2D eigenvalue weighted by Gasteiger charge is 2.08. The maximum absolute atomic E-state index is 13.2. The van der Waals surface area contributed by atoms with Gasteiger partial charge in [-0.05, 0) is 48.7 Å². The maximum Gasteiger partial charge on any atom is 0.274 e. The number of rotatable bonds is 7. The lowest BCUT2D eigenvalue weighted by Crippen LogP contribution is -2.14. The fraction of sp³-hybridized carbons (Fsp3) is 0.143. The van der Waals surface area contributed by atoms with Crippen LogP contribution >= 0.6 is 0 Å². The number of carbonyl (C=O) groups excluding carboxylic acids is 1. The Kier molecular flexibility index (Phi) is 5.93. The minimum Gasteiger partial charge on any atom is -0.384 e. The molecule has 26 heavy (non-hydrogen) atoms. The van der Waals surface area contributed by atoms with E-state index in [1.807, 2.05) is 24.3 Å². The molecule has 0 saturated heterocycles. The van der Waals surface area contributed by atoms with Crippen molar-refractivity contribution in [1.82, 2.24) is 4.98 Å². The number of hydrogen-bond donors (Lipinski definition) is 2. The van der Waals surface area contributed by atoms with Crippen molar-refractivity contribution in [3.63, 3.8) is 0 Å². The van der Waals surface area contributed by atoms with Crippen molar-refractivity contribution in [2.75, 3.05) is 17.2 Å². The summed E-state index contributed by atoms with van der Waals surface area (Å²) in [5, 5.41) is 5.92. The third-order valence-corrected chi connectivity index (χ3v) is 3.89. The summed E-state index contributed by atoms with van der Waals surface area (Å²) in [5.74, 6) is -0.767. The highest BCUT2D eigenvalue weighted by Crippen LogP contribution is 2.12. The zero-order valence-electron chi connectivity index (χ0n) is 14.3. The average Bonchev–Trinajstić information content (AvgIpc) is 2.66. The van der Waals surface area contributed by atoms with Crippen molar-refractivity contribution in [2.45, 2.75) is 12.8 Å². The van der Waals surface area contributed by atoms with E-state index in [9.17, 15) is 9.18 Å². The second-order valence-electron chi connectivity index (χ2n) is 5.91.